The van der Waals surface area contributed by atoms with E-state index in [1.807, 2.05) is 121 Å². The van der Waals surface area contributed by atoms with Gasteiger partial charge in [0.15, 0.2) is 0 Å². The number of carboxylic acid groups (broad SMARTS) is 1. The van der Waals surface area contributed by atoms with Gasteiger partial charge in [0.25, 0.3) is 5.91 Å². The topological polar surface area (TPSA) is 112 Å². The van der Waals surface area contributed by atoms with Crippen LogP contribution in [0.3, 0.4) is 0 Å². The van der Waals surface area contributed by atoms with E-state index in [0.29, 0.717) is 18.5 Å². The number of benzene rings is 5. The summed E-state index contributed by atoms with van der Waals surface area (Å²) in [6.07, 6.45) is 2.10. The Balaban J connectivity index is 1.29. The summed E-state index contributed by atoms with van der Waals surface area (Å²) in [4.78, 5) is 45.1. The summed E-state index contributed by atoms with van der Waals surface area (Å²) >= 11 is 1.19. The summed E-state index contributed by atoms with van der Waals surface area (Å²) in [6.45, 7) is 2.19. The molecule has 0 saturated heterocycles. The lowest BCUT2D eigenvalue weighted by Gasteiger charge is -2.32. The molecule has 8 nitrogen and oxygen atoms in total. The third-order valence-corrected chi connectivity index (χ3v) is 10.3. The molecular formula is C46H44N4O4S. The molecule has 2 amide bonds. The van der Waals surface area contributed by atoms with Crippen LogP contribution in [0.2, 0.25) is 0 Å². The van der Waals surface area contributed by atoms with Crippen LogP contribution in [0.5, 0.6) is 0 Å². The largest absolute Gasteiger partial charge is 0.481 e. The maximum absolute atomic E-state index is 14.5. The van der Waals surface area contributed by atoms with Crippen LogP contribution in [0.15, 0.2) is 169 Å². The lowest BCUT2D eigenvalue weighted by Crippen LogP contribution is -2.46. The molecule has 0 fully saturated rings. The average molecular weight is 749 g/mol. The maximum Gasteiger partial charge on any atom is 0.305 e. The van der Waals surface area contributed by atoms with Gasteiger partial charge in [0, 0.05) is 30.0 Å². The zero-order chi connectivity index (χ0) is 38.4. The van der Waals surface area contributed by atoms with Crippen molar-refractivity contribution in [2.45, 2.75) is 49.1 Å². The second-order valence-corrected chi connectivity index (χ2v) is 14.3. The zero-order valence-electron chi connectivity index (χ0n) is 30.6. The number of anilines is 1. The molecule has 0 radical (unpaired) electrons. The van der Waals surface area contributed by atoms with Crippen LogP contribution in [-0.4, -0.2) is 44.8 Å². The summed E-state index contributed by atoms with van der Waals surface area (Å²) < 4.78 is 1.53. The van der Waals surface area contributed by atoms with E-state index in [-0.39, 0.29) is 24.7 Å². The molecule has 55 heavy (non-hydrogen) atoms. The van der Waals surface area contributed by atoms with Gasteiger partial charge in [-0.3, -0.25) is 18.7 Å². The molecule has 9 heteroatoms. The van der Waals surface area contributed by atoms with E-state index >= 15 is 0 Å². The number of rotatable bonds is 17. The van der Waals surface area contributed by atoms with Crippen molar-refractivity contribution in [3.63, 3.8) is 0 Å². The molecule has 0 aliphatic rings. The number of nitrogens with zero attached hydrogens (tertiary/aromatic N) is 2. The third-order valence-electron chi connectivity index (χ3n) is 9.23. The summed E-state index contributed by atoms with van der Waals surface area (Å²) in [6, 6.07) is 49.9. The van der Waals surface area contributed by atoms with Crippen LogP contribution >= 0.6 is 11.9 Å². The minimum Gasteiger partial charge on any atom is -0.481 e. The van der Waals surface area contributed by atoms with Crippen molar-refractivity contribution in [3.05, 3.63) is 186 Å². The quantitative estimate of drug-likeness (QED) is 0.0484. The predicted molar refractivity (Wildman–Crippen MR) is 219 cm³/mol. The second-order valence-electron chi connectivity index (χ2n) is 13.2. The Hall–Kier alpha value is -6.19. The second kappa shape index (κ2) is 19.2. The molecule has 278 valence electrons. The lowest BCUT2D eigenvalue weighted by atomic mass is 9.85. The number of amides is 2. The van der Waals surface area contributed by atoms with Crippen LogP contribution in [0, 0.1) is 0 Å². The molecule has 2 atom stereocenters. The van der Waals surface area contributed by atoms with Crippen molar-refractivity contribution in [2.24, 2.45) is 0 Å². The molecule has 0 saturated carbocycles. The molecule has 0 aliphatic heterocycles. The van der Waals surface area contributed by atoms with Crippen molar-refractivity contribution in [1.29, 1.82) is 0 Å². The first-order chi connectivity index (χ1) is 26.9. The van der Waals surface area contributed by atoms with E-state index in [1.54, 1.807) is 13.1 Å². The Morgan fingerprint density at radius 2 is 1.29 bits per heavy atom. The summed E-state index contributed by atoms with van der Waals surface area (Å²) in [5.41, 5.74) is 5.95. The highest BCUT2D eigenvalue weighted by atomic mass is 32.2. The van der Waals surface area contributed by atoms with Crippen LogP contribution in [0.4, 0.5) is 5.82 Å². The SMILES string of the molecule is C[C@@H](NC(=O)CCCNc1ccccn1)C(=O)N(Sc1cccc(C(c2ccccc2)c2ccccc2)c1)C(CC(=O)O)c1ccc(-c2ccccc2)cc1. The molecule has 1 unspecified atom stereocenters. The number of carbonyl (C=O) groups is 3. The Morgan fingerprint density at radius 1 is 0.691 bits per heavy atom. The fourth-order valence-electron chi connectivity index (χ4n) is 6.52. The number of nitrogens with one attached hydrogen (secondary N) is 2. The third kappa shape index (κ3) is 10.7. The van der Waals surface area contributed by atoms with Gasteiger partial charge in [0.05, 0.1) is 12.5 Å². The number of aromatic nitrogens is 1. The minimum atomic E-state index is -1.05. The number of pyridine rings is 1. The molecule has 6 aromatic rings. The highest BCUT2D eigenvalue weighted by Crippen LogP contribution is 2.39. The van der Waals surface area contributed by atoms with Gasteiger partial charge in [-0.05, 0) is 82.9 Å². The highest BCUT2D eigenvalue weighted by molar-refractivity contribution is 7.97. The minimum absolute atomic E-state index is 0.0715. The molecule has 1 aromatic heterocycles. The Kier molecular flexibility index (Phi) is 13.5. The molecule has 3 N–H and O–H groups in total. The number of hydrogen-bond acceptors (Lipinski definition) is 6. The fourth-order valence-corrected chi connectivity index (χ4v) is 7.65. The smallest absolute Gasteiger partial charge is 0.305 e. The number of aliphatic carboxylic acids is 1. The van der Waals surface area contributed by atoms with Crippen LogP contribution in [-0.2, 0) is 14.4 Å². The lowest BCUT2D eigenvalue weighted by molar-refractivity contribution is -0.139. The van der Waals surface area contributed by atoms with Gasteiger partial charge < -0.3 is 15.7 Å². The summed E-state index contributed by atoms with van der Waals surface area (Å²) in [5.74, 6) is -1.07. The number of carboxylic acids is 1. The summed E-state index contributed by atoms with van der Waals surface area (Å²) in [5, 5.41) is 16.3. The van der Waals surface area contributed by atoms with Crippen molar-refractivity contribution >= 4 is 35.5 Å². The monoisotopic (exact) mass is 748 g/mol. The van der Waals surface area contributed by atoms with Gasteiger partial charge in [-0.25, -0.2) is 4.98 Å². The van der Waals surface area contributed by atoms with E-state index in [1.165, 1.54) is 16.3 Å². The van der Waals surface area contributed by atoms with E-state index in [4.69, 9.17) is 0 Å². The number of hydrogen-bond donors (Lipinski definition) is 3. The van der Waals surface area contributed by atoms with Gasteiger partial charge in [-0.2, -0.15) is 0 Å². The van der Waals surface area contributed by atoms with Gasteiger partial charge >= 0.3 is 5.97 Å². The molecule has 0 spiro atoms. The molecule has 0 bridgehead atoms. The van der Waals surface area contributed by atoms with Crippen LogP contribution in [0.1, 0.15) is 60.4 Å². The molecule has 6 rings (SSSR count). The predicted octanol–water partition coefficient (Wildman–Crippen LogP) is 9.38. The highest BCUT2D eigenvalue weighted by Gasteiger charge is 2.33. The first-order valence-corrected chi connectivity index (χ1v) is 19.2. The van der Waals surface area contributed by atoms with Gasteiger partial charge in [-0.15, -0.1) is 0 Å². The first kappa shape index (κ1) is 38.5. The van der Waals surface area contributed by atoms with Gasteiger partial charge in [0.1, 0.15) is 11.9 Å². The van der Waals surface area contributed by atoms with E-state index in [2.05, 4.69) is 52.0 Å². The van der Waals surface area contributed by atoms with E-state index in [9.17, 15) is 19.5 Å². The van der Waals surface area contributed by atoms with Crippen molar-refractivity contribution in [2.75, 3.05) is 11.9 Å². The molecular weight excluding hydrogens is 705 g/mol. The van der Waals surface area contributed by atoms with Crippen molar-refractivity contribution < 1.29 is 19.5 Å². The number of carbonyl (C=O) groups excluding carboxylic acids is 2. The Labute approximate surface area is 326 Å². The van der Waals surface area contributed by atoms with Crippen LogP contribution in [0.25, 0.3) is 11.1 Å². The Morgan fingerprint density at radius 3 is 1.91 bits per heavy atom. The van der Waals surface area contributed by atoms with Gasteiger partial charge in [-0.1, -0.05) is 133 Å². The maximum atomic E-state index is 14.5. The first-order valence-electron chi connectivity index (χ1n) is 18.4. The summed E-state index contributed by atoms with van der Waals surface area (Å²) in [7, 11) is 0. The standard InChI is InChI=1S/C46H44N4O4S/c1-33(49-43(51)24-14-30-48-42-23-11-12-29-47-42)46(54)50(41(32-44(52)53)36-27-25-35(26-28-36)34-15-5-2-6-16-34)55-40-22-13-21-39(31-40)45(37-17-7-3-8-18-37)38-19-9-4-10-20-38/h2-13,15-23,25-29,31,33,41,45H,14,24,30,32H2,1H3,(H,47,48)(H,49,51)(H,52,53)/t33-,41?/m1/s1. The van der Waals surface area contributed by atoms with Crippen LogP contribution < -0.4 is 10.6 Å². The average Bonchev–Trinajstić information content (AvgIpc) is 3.22. The molecule has 5 aromatic carbocycles. The van der Waals surface area contributed by atoms with E-state index in [0.717, 1.165) is 38.5 Å². The van der Waals surface area contributed by atoms with Gasteiger partial charge in [0.2, 0.25) is 5.91 Å². The zero-order valence-corrected chi connectivity index (χ0v) is 31.4. The van der Waals surface area contributed by atoms with Crippen molar-refractivity contribution in [3.8, 4) is 11.1 Å². The van der Waals surface area contributed by atoms with E-state index < -0.39 is 24.0 Å². The molecule has 0 aliphatic carbocycles. The Bertz CT molecular complexity index is 2100. The van der Waals surface area contributed by atoms with Crippen molar-refractivity contribution in [1.82, 2.24) is 14.6 Å². The normalized spacial score (nSPS) is 12.0. The fraction of sp³-hybridized carbons (Fsp3) is 0.174. The molecule has 1 heterocycles.